The minimum absolute atomic E-state index is 0.0171. The van der Waals surface area contributed by atoms with Crippen LogP contribution in [0.3, 0.4) is 0 Å². The average Bonchev–Trinajstić information content (AvgIpc) is 2.16. The van der Waals surface area contributed by atoms with Gasteiger partial charge in [-0.1, -0.05) is 0 Å². The van der Waals surface area contributed by atoms with Gasteiger partial charge in [-0.3, -0.25) is 0 Å². The second-order valence-electron chi connectivity index (χ2n) is 2.61. The zero-order chi connectivity index (χ0) is 11.4. The minimum atomic E-state index is -2.77. The van der Waals surface area contributed by atoms with Crippen molar-refractivity contribution in [2.45, 2.75) is 12.8 Å². The first-order chi connectivity index (χ1) is 7.10. The van der Waals surface area contributed by atoms with Crippen LogP contribution in [0.2, 0.25) is 0 Å². The fourth-order valence-corrected chi connectivity index (χ4v) is 1.66. The van der Waals surface area contributed by atoms with Crippen molar-refractivity contribution in [2.75, 3.05) is 0 Å². The molecule has 1 aromatic heterocycles. The Bertz CT molecular complexity index is 460. The van der Waals surface area contributed by atoms with E-state index in [4.69, 9.17) is 10.5 Å². The van der Waals surface area contributed by atoms with Gasteiger partial charge in [0.15, 0.2) is 0 Å². The number of nitriles is 2. The molecule has 0 spiro atoms. The Hall–Kier alpha value is -1.53. The lowest BCUT2D eigenvalue weighted by atomic mass is 10.1. The van der Waals surface area contributed by atoms with Crippen molar-refractivity contribution in [3.63, 3.8) is 0 Å². The van der Waals surface area contributed by atoms with Crippen LogP contribution < -0.4 is 0 Å². The molecule has 6 heteroatoms. The summed E-state index contributed by atoms with van der Waals surface area (Å²) in [5.41, 5.74) is -0.290. The number of halogens is 3. The molecule has 0 aromatic carbocycles. The van der Waals surface area contributed by atoms with Gasteiger partial charge in [0.1, 0.15) is 4.60 Å². The quantitative estimate of drug-likeness (QED) is 0.777. The summed E-state index contributed by atoms with van der Waals surface area (Å²) >= 11 is 2.86. The molecule has 0 fully saturated rings. The van der Waals surface area contributed by atoms with Crippen molar-refractivity contribution < 1.29 is 8.78 Å². The number of hydrogen-bond donors (Lipinski definition) is 0. The highest BCUT2D eigenvalue weighted by atomic mass is 79.9. The summed E-state index contributed by atoms with van der Waals surface area (Å²) in [7, 11) is 0. The first-order valence-electron chi connectivity index (χ1n) is 3.84. The lowest BCUT2D eigenvalue weighted by Crippen LogP contribution is -1.99. The van der Waals surface area contributed by atoms with Gasteiger partial charge in [0.25, 0.3) is 6.43 Å². The molecule has 0 bridgehead atoms. The van der Waals surface area contributed by atoms with E-state index in [1.165, 1.54) is 6.07 Å². The molecule has 1 heterocycles. The first kappa shape index (κ1) is 11.5. The van der Waals surface area contributed by atoms with Gasteiger partial charge in [-0.15, -0.1) is 0 Å². The predicted octanol–water partition coefficient (Wildman–Crippen LogP) is 2.72. The molecule has 15 heavy (non-hydrogen) atoms. The Balaban J connectivity index is 3.34. The Kier molecular flexibility index (Phi) is 3.70. The third-order valence-corrected chi connectivity index (χ3v) is 2.27. The molecular formula is C9H4BrF2N3. The first-order valence-corrected chi connectivity index (χ1v) is 4.64. The highest BCUT2D eigenvalue weighted by molar-refractivity contribution is 9.10. The van der Waals surface area contributed by atoms with Crippen LogP contribution in [0.5, 0.6) is 0 Å². The Morgan fingerprint density at radius 3 is 2.60 bits per heavy atom. The summed E-state index contributed by atoms with van der Waals surface area (Å²) in [4.78, 5) is 3.76. The van der Waals surface area contributed by atoms with E-state index >= 15 is 0 Å². The summed E-state index contributed by atoms with van der Waals surface area (Å²) in [6, 6.07) is 4.69. The zero-order valence-corrected chi connectivity index (χ0v) is 8.92. The predicted molar refractivity (Wildman–Crippen MR) is 50.9 cm³/mol. The van der Waals surface area contributed by atoms with E-state index in [1.807, 2.05) is 6.07 Å². The van der Waals surface area contributed by atoms with E-state index in [0.29, 0.717) is 5.69 Å². The monoisotopic (exact) mass is 271 g/mol. The number of alkyl halides is 2. The summed E-state index contributed by atoms with van der Waals surface area (Å²) in [5.74, 6) is 0. The van der Waals surface area contributed by atoms with Gasteiger partial charge in [0, 0.05) is 0 Å². The van der Waals surface area contributed by atoms with Gasteiger partial charge in [-0.25, -0.2) is 13.8 Å². The molecule has 0 amide bonds. The third kappa shape index (κ3) is 2.48. The van der Waals surface area contributed by atoms with Crippen LogP contribution in [-0.4, -0.2) is 4.98 Å². The molecule has 0 radical (unpaired) electrons. The topological polar surface area (TPSA) is 60.5 Å². The van der Waals surface area contributed by atoms with Crippen LogP contribution in [0.1, 0.15) is 23.2 Å². The van der Waals surface area contributed by atoms with Gasteiger partial charge < -0.3 is 0 Å². The maximum atomic E-state index is 12.5. The third-order valence-electron chi connectivity index (χ3n) is 1.66. The molecular weight excluding hydrogens is 268 g/mol. The molecule has 0 saturated heterocycles. The highest BCUT2D eigenvalue weighted by Gasteiger charge is 2.19. The summed E-state index contributed by atoms with van der Waals surface area (Å²) in [6.07, 6.45) is -2.78. The Morgan fingerprint density at radius 2 is 2.13 bits per heavy atom. The fourth-order valence-electron chi connectivity index (χ4n) is 1.05. The van der Waals surface area contributed by atoms with Gasteiger partial charge >= 0.3 is 0 Å². The normalized spacial score (nSPS) is 9.73. The van der Waals surface area contributed by atoms with Crippen LogP contribution in [0.15, 0.2) is 10.7 Å². The van der Waals surface area contributed by atoms with Gasteiger partial charge in [0.05, 0.1) is 35.4 Å². The van der Waals surface area contributed by atoms with Crippen molar-refractivity contribution in [3.05, 3.63) is 27.5 Å². The molecule has 1 rings (SSSR count). The summed E-state index contributed by atoms with van der Waals surface area (Å²) in [5, 5.41) is 17.1. The molecule has 0 atom stereocenters. The van der Waals surface area contributed by atoms with E-state index < -0.39 is 12.0 Å². The second-order valence-corrected chi connectivity index (χ2v) is 3.36. The van der Waals surface area contributed by atoms with E-state index in [-0.39, 0.29) is 16.6 Å². The van der Waals surface area contributed by atoms with Crippen molar-refractivity contribution in [1.82, 2.24) is 4.98 Å². The number of aromatic nitrogens is 1. The van der Waals surface area contributed by atoms with E-state index in [0.717, 1.165) is 0 Å². The Labute approximate surface area is 93.1 Å². The van der Waals surface area contributed by atoms with Gasteiger partial charge in [-0.2, -0.15) is 10.5 Å². The van der Waals surface area contributed by atoms with E-state index in [1.54, 1.807) is 6.07 Å². The smallest absolute Gasteiger partial charge is 0.244 e. The van der Waals surface area contributed by atoms with E-state index in [9.17, 15) is 8.78 Å². The van der Waals surface area contributed by atoms with Crippen LogP contribution in [0, 0.1) is 22.7 Å². The van der Waals surface area contributed by atoms with Crippen molar-refractivity contribution >= 4 is 15.9 Å². The molecule has 76 valence electrons. The SMILES string of the molecule is N#CCc1cc(C#N)c(C(F)F)c(Br)n1. The zero-order valence-electron chi connectivity index (χ0n) is 7.34. The maximum Gasteiger partial charge on any atom is 0.267 e. The number of nitrogens with zero attached hydrogens (tertiary/aromatic N) is 3. The molecule has 0 N–H and O–H groups in total. The summed E-state index contributed by atoms with van der Waals surface area (Å²) < 4.78 is 24.9. The maximum absolute atomic E-state index is 12.5. The van der Waals surface area contributed by atoms with Crippen molar-refractivity contribution in [2.24, 2.45) is 0 Å². The number of pyridine rings is 1. The lowest BCUT2D eigenvalue weighted by Gasteiger charge is -2.06. The lowest BCUT2D eigenvalue weighted by molar-refractivity contribution is 0.149. The number of rotatable bonds is 2. The van der Waals surface area contributed by atoms with Crippen LogP contribution in [0.25, 0.3) is 0 Å². The second kappa shape index (κ2) is 4.81. The molecule has 3 nitrogen and oxygen atoms in total. The van der Waals surface area contributed by atoms with Crippen molar-refractivity contribution in [1.29, 1.82) is 10.5 Å². The highest BCUT2D eigenvalue weighted by Crippen LogP contribution is 2.29. The molecule has 1 aromatic rings. The standard InChI is InChI=1S/C9H4BrF2N3/c10-8-7(9(11)12)5(4-14)3-6(15-8)1-2-13/h3,9H,1H2. The minimum Gasteiger partial charge on any atom is -0.244 e. The molecule has 0 aliphatic rings. The Morgan fingerprint density at radius 1 is 1.47 bits per heavy atom. The van der Waals surface area contributed by atoms with Gasteiger partial charge in [0.2, 0.25) is 0 Å². The van der Waals surface area contributed by atoms with Crippen LogP contribution in [-0.2, 0) is 6.42 Å². The number of hydrogen-bond acceptors (Lipinski definition) is 3. The average molecular weight is 272 g/mol. The van der Waals surface area contributed by atoms with Crippen molar-refractivity contribution in [3.8, 4) is 12.1 Å². The summed E-state index contributed by atoms with van der Waals surface area (Å²) in [6.45, 7) is 0. The fraction of sp³-hybridized carbons (Fsp3) is 0.222. The van der Waals surface area contributed by atoms with Crippen LogP contribution in [0.4, 0.5) is 8.78 Å². The molecule has 0 unspecified atom stereocenters. The molecule has 0 saturated carbocycles. The molecule has 0 aliphatic heterocycles. The van der Waals surface area contributed by atoms with E-state index in [2.05, 4.69) is 20.9 Å². The largest absolute Gasteiger partial charge is 0.267 e. The van der Waals surface area contributed by atoms with Gasteiger partial charge in [-0.05, 0) is 22.0 Å². The molecule has 0 aliphatic carbocycles. The van der Waals surface area contributed by atoms with Crippen LogP contribution >= 0.6 is 15.9 Å².